The molecular weight excluding hydrogens is 338 g/mol. The summed E-state index contributed by atoms with van der Waals surface area (Å²) in [7, 11) is 0. The Bertz CT molecular complexity index is 699. The second kappa shape index (κ2) is 8.61. The van der Waals surface area contributed by atoms with Crippen molar-refractivity contribution in [2.75, 3.05) is 37.6 Å². The first-order chi connectivity index (χ1) is 12.9. The molecule has 5 heteroatoms. The summed E-state index contributed by atoms with van der Waals surface area (Å²) in [6.07, 6.45) is 2.26. The first-order valence-corrected chi connectivity index (χ1v) is 9.87. The van der Waals surface area contributed by atoms with Gasteiger partial charge in [0.05, 0.1) is 39.0 Å². The van der Waals surface area contributed by atoms with Crippen LogP contribution < -0.4 is 15.1 Å². The Balaban J connectivity index is 1.60. The fourth-order valence-electron chi connectivity index (χ4n) is 3.74. The lowest BCUT2D eigenvalue weighted by molar-refractivity contribution is -0.932. The minimum Gasteiger partial charge on any atom is -0.463 e. The minimum atomic E-state index is -0.00156. The Labute approximate surface area is 162 Å². The number of rotatable bonds is 6. The number of piperazine rings is 1. The van der Waals surface area contributed by atoms with Gasteiger partial charge in [0.1, 0.15) is 0 Å². The molecule has 1 fully saturated rings. The summed E-state index contributed by atoms with van der Waals surface area (Å²) in [5, 5.41) is 3.13. The number of quaternary nitrogens is 1. The number of benzene rings is 1. The van der Waals surface area contributed by atoms with Gasteiger partial charge in [0.2, 0.25) is 5.91 Å². The molecular formula is C22H32N3O2+. The number of anilines is 1. The summed E-state index contributed by atoms with van der Waals surface area (Å²) in [5.41, 5.74) is 1.28. The zero-order valence-corrected chi connectivity index (χ0v) is 16.7. The monoisotopic (exact) mass is 370 g/mol. The number of hydrogen-bond acceptors (Lipinski definition) is 3. The molecule has 0 radical (unpaired) electrons. The molecule has 1 aromatic carbocycles. The SMILES string of the molecule is CC(C)(C)CC(=O)NC[C@@H](c1ccco1)[NH+]1CCN(c2ccccc2)CC1. The van der Waals surface area contributed by atoms with E-state index in [1.165, 1.54) is 10.6 Å². The van der Waals surface area contributed by atoms with Gasteiger partial charge in [-0.15, -0.1) is 0 Å². The molecule has 0 aliphatic carbocycles. The molecule has 1 atom stereocenters. The summed E-state index contributed by atoms with van der Waals surface area (Å²) >= 11 is 0. The first kappa shape index (κ1) is 19.5. The molecule has 1 aromatic heterocycles. The summed E-state index contributed by atoms with van der Waals surface area (Å²) in [6, 6.07) is 14.7. The highest BCUT2D eigenvalue weighted by molar-refractivity contribution is 5.76. The van der Waals surface area contributed by atoms with Crippen molar-refractivity contribution in [1.29, 1.82) is 0 Å². The minimum absolute atomic E-state index is 0.00156. The zero-order valence-electron chi connectivity index (χ0n) is 16.7. The van der Waals surface area contributed by atoms with Crippen molar-refractivity contribution in [2.24, 2.45) is 5.41 Å². The number of nitrogens with one attached hydrogen (secondary N) is 2. The predicted octanol–water partition coefficient (Wildman–Crippen LogP) is 2.28. The molecule has 0 saturated carbocycles. The topological polar surface area (TPSA) is 49.9 Å². The molecule has 0 spiro atoms. The number of nitrogens with zero attached hydrogens (tertiary/aromatic N) is 1. The Morgan fingerprint density at radius 2 is 1.85 bits per heavy atom. The fourth-order valence-corrected chi connectivity index (χ4v) is 3.74. The van der Waals surface area contributed by atoms with Gasteiger partial charge >= 0.3 is 0 Å². The van der Waals surface area contributed by atoms with Crippen LogP contribution in [-0.4, -0.2) is 38.6 Å². The molecule has 5 nitrogen and oxygen atoms in total. The van der Waals surface area contributed by atoms with Crippen LogP contribution >= 0.6 is 0 Å². The number of amides is 1. The van der Waals surface area contributed by atoms with Crippen LogP contribution in [0.2, 0.25) is 0 Å². The van der Waals surface area contributed by atoms with E-state index in [1.807, 2.05) is 12.1 Å². The lowest BCUT2D eigenvalue weighted by atomic mass is 9.92. The maximum absolute atomic E-state index is 12.3. The molecule has 3 rings (SSSR count). The number of hydrogen-bond donors (Lipinski definition) is 2. The lowest BCUT2D eigenvalue weighted by Crippen LogP contribution is -3.15. The highest BCUT2D eigenvalue weighted by atomic mass is 16.3. The van der Waals surface area contributed by atoms with E-state index in [4.69, 9.17) is 4.42 Å². The van der Waals surface area contributed by atoms with E-state index >= 15 is 0 Å². The molecule has 0 bridgehead atoms. The van der Waals surface area contributed by atoms with Crippen molar-refractivity contribution in [2.45, 2.75) is 33.2 Å². The van der Waals surface area contributed by atoms with Crippen molar-refractivity contribution in [3.05, 3.63) is 54.5 Å². The normalized spacial score (nSPS) is 16.9. The van der Waals surface area contributed by atoms with Gasteiger partial charge in [-0.2, -0.15) is 0 Å². The zero-order chi connectivity index (χ0) is 19.3. The molecule has 2 aromatic rings. The maximum Gasteiger partial charge on any atom is 0.220 e. The van der Waals surface area contributed by atoms with Crippen molar-refractivity contribution in [3.63, 3.8) is 0 Å². The van der Waals surface area contributed by atoms with Gasteiger partial charge < -0.3 is 19.5 Å². The third-order valence-electron chi connectivity index (χ3n) is 5.10. The van der Waals surface area contributed by atoms with E-state index in [0.29, 0.717) is 13.0 Å². The smallest absolute Gasteiger partial charge is 0.220 e. The van der Waals surface area contributed by atoms with E-state index < -0.39 is 0 Å². The molecule has 1 aliphatic heterocycles. The predicted molar refractivity (Wildman–Crippen MR) is 108 cm³/mol. The number of furan rings is 1. The Morgan fingerprint density at radius 3 is 2.44 bits per heavy atom. The molecule has 1 aliphatic rings. The second-order valence-electron chi connectivity index (χ2n) is 8.59. The van der Waals surface area contributed by atoms with Crippen LogP contribution in [0.1, 0.15) is 39.0 Å². The summed E-state index contributed by atoms with van der Waals surface area (Å²) in [6.45, 7) is 10.9. The highest BCUT2D eigenvalue weighted by Crippen LogP contribution is 2.18. The molecule has 27 heavy (non-hydrogen) atoms. The van der Waals surface area contributed by atoms with Crippen LogP contribution in [0.4, 0.5) is 5.69 Å². The van der Waals surface area contributed by atoms with Crippen molar-refractivity contribution in [1.82, 2.24) is 5.32 Å². The number of carbonyl (C=O) groups excluding carboxylic acids is 1. The summed E-state index contributed by atoms with van der Waals surface area (Å²) in [4.78, 5) is 16.2. The van der Waals surface area contributed by atoms with Gasteiger partial charge in [0.25, 0.3) is 0 Å². The van der Waals surface area contributed by atoms with Crippen LogP contribution in [0.25, 0.3) is 0 Å². The van der Waals surface area contributed by atoms with Crippen LogP contribution in [0.5, 0.6) is 0 Å². The summed E-state index contributed by atoms with van der Waals surface area (Å²) in [5.74, 6) is 1.07. The highest BCUT2D eigenvalue weighted by Gasteiger charge is 2.31. The fraction of sp³-hybridized carbons (Fsp3) is 0.500. The van der Waals surface area contributed by atoms with Crippen molar-refractivity contribution >= 4 is 11.6 Å². The van der Waals surface area contributed by atoms with Crippen LogP contribution in [0, 0.1) is 5.41 Å². The van der Waals surface area contributed by atoms with Gasteiger partial charge in [0.15, 0.2) is 11.8 Å². The van der Waals surface area contributed by atoms with Crippen LogP contribution in [0.3, 0.4) is 0 Å². The molecule has 1 saturated heterocycles. The molecule has 2 N–H and O–H groups in total. The van der Waals surface area contributed by atoms with E-state index in [2.05, 4.69) is 61.3 Å². The van der Waals surface area contributed by atoms with E-state index in [1.54, 1.807) is 6.26 Å². The Hall–Kier alpha value is -2.27. The van der Waals surface area contributed by atoms with Crippen molar-refractivity contribution < 1.29 is 14.1 Å². The molecule has 2 heterocycles. The Kier molecular flexibility index (Phi) is 6.22. The van der Waals surface area contributed by atoms with Crippen LogP contribution in [0.15, 0.2) is 53.1 Å². The van der Waals surface area contributed by atoms with Crippen molar-refractivity contribution in [3.8, 4) is 0 Å². The van der Waals surface area contributed by atoms with Gasteiger partial charge in [-0.25, -0.2) is 0 Å². The van der Waals surface area contributed by atoms with Gasteiger partial charge in [-0.3, -0.25) is 4.79 Å². The molecule has 0 unspecified atom stereocenters. The first-order valence-electron chi connectivity index (χ1n) is 9.87. The number of para-hydroxylation sites is 1. The number of carbonyl (C=O) groups is 1. The van der Waals surface area contributed by atoms with Gasteiger partial charge in [0, 0.05) is 12.1 Å². The summed E-state index contributed by atoms with van der Waals surface area (Å²) < 4.78 is 5.71. The van der Waals surface area contributed by atoms with Gasteiger partial charge in [-0.05, 0) is 29.7 Å². The van der Waals surface area contributed by atoms with Crippen LogP contribution in [-0.2, 0) is 4.79 Å². The molecule has 146 valence electrons. The maximum atomic E-state index is 12.3. The standard InChI is InChI=1S/C22H31N3O2/c1-22(2,3)16-21(26)23-17-19(20-10-7-15-27-20)25-13-11-24(12-14-25)18-8-5-4-6-9-18/h4-10,15,19H,11-14,16-17H2,1-3H3,(H,23,26)/p+1/t19-/m0/s1. The van der Waals surface area contributed by atoms with E-state index in [0.717, 1.165) is 31.9 Å². The average molecular weight is 371 g/mol. The molecule has 1 amide bonds. The quantitative estimate of drug-likeness (QED) is 0.820. The lowest BCUT2D eigenvalue weighted by Gasteiger charge is -2.37. The third-order valence-corrected chi connectivity index (χ3v) is 5.10. The average Bonchev–Trinajstić information content (AvgIpc) is 3.16. The Morgan fingerprint density at radius 1 is 1.15 bits per heavy atom. The van der Waals surface area contributed by atoms with Gasteiger partial charge in [-0.1, -0.05) is 39.0 Å². The third kappa shape index (κ3) is 5.60. The second-order valence-corrected chi connectivity index (χ2v) is 8.59. The van der Waals surface area contributed by atoms with E-state index in [9.17, 15) is 4.79 Å². The largest absolute Gasteiger partial charge is 0.463 e. The van der Waals surface area contributed by atoms with E-state index in [-0.39, 0.29) is 17.4 Å².